The number of aliphatic carboxylic acids is 1. The minimum Gasteiger partial charge on any atom is -0.481 e. The summed E-state index contributed by atoms with van der Waals surface area (Å²) in [5.41, 5.74) is -0.309. The molecule has 2 aromatic carbocycles. The molecule has 12 heteroatoms. The van der Waals surface area contributed by atoms with Gasteiger partial charge in [-0.1, -0.05) is 17.7 Å². The summed E-state index contributed by atoms with van der Waals surface area (Å²) in [7, 11) is 0. The Labute approximate surface area is 201 Å². The first-order chi connectivity index (χ1) is 16.7. The molecule has 1 N–H and O–H groups in total. The monoisotopic (exact) mass is 503 g/mol. The second-order valence-electron chi connectivity index (χ2n) is 7.12. The Morgan fingerprint density at radius 1 is 1.14 bits per heavy atom. The van der Waals surface area contributed by atoms with E-state index < -0.39 is 42.3 Å². The summed E-state index contributed by atoms with van der Waals surface area (Å²) >= 11 is 6.06. The third kappa shape index (κ3) is 6.84. The average Bonchev–Trinajstić information content (AvgIpc) is 2.82. The highest BCUT2D eigenvalue weighted by molar-refractivity contribution is 6.32. The summed E-state index contributed by atoms with van der Waals surface area (Å²) in [5.74, 6) is -4.12. The number of esters is 1. The van der Waals surface area contributed by atoms with Crippen molar-refractivity contribution in [1.82, 2.24) is 9.78 Å². The van der Waals surface area contributed by atoms with Crippen LogP contribution in [0, 0.1) is 23.0 Å². The molecule has 3 rings (SSSR count). The Hall–Kier alpha value is -4.30. The van der Waals surface area contributed by atoms with E-state index in [0.717, 1.165) is 22.9 Å². The lowest BCUT2D eigenvalue weighted by molar-refractivity contribution is -0.151. The summed E-state index contributed by atoms with van der Waals surface area (Å²) < 4.78 is 40.0. The van der Waals surface area contributed by atoms with E-state index in [2.05, 4.69) is 5.10 Å². The van der Waals surface area contributed by atoms with E-state index in [0.29, 0.717) is 0 Å². The van der Waals surface area contributed by atoms with Crippen LogP contribution >= 0.6 is 11.6 Å². The largest absolute Gasteiger partial charge is 0.481 e. The number of carboxylic acids is 1. The van der Waals surface area contributed by atoms with Crippen molar-refractivity contribution in [2.75, 3.05) is 0 Å². The Balaban J connectivity index is 1.79. The van der Waals surface area contributed by atoms with Gasteiger partial charge in [0.05, 0.1) is 35.2 Å². The van der Waals surface area contributed by atoms with E-state index in [1.807, 2.05) is 0 Å². The first-order valence-corrected chi connectivity index (χ1v) is 10.3. The SMILES string of the molecule is N#Cc1cc(F)cc(Oc2c(Cl)ccc(Cc3ccc(=O)n(COC(=O)CCC(=O)O)n3)c2F)c1. The van der Waals surface area contributed by atoms with Crippen LogP contribution in [0.1, 0.15) is 29.7 Å². The first-order valence-electron chi connectivity index (χ1n) is 9.96. The molecule has 1 aromatic heterocycles. The van der Waals surface area contributed by atoms with Crippen molar-refractivity contribution in [3.63, 3.8) is 0 Å². The maximum atomic E-state index is 15.2. The number of rotatable bonds is 9. The molecule has 0 saturated heterocycles. The Morgan fingerprint density at radius 3 is 2.63 bits per heavy atom. The highest BCUT2D eigenvalue weighted by Gasteiger charge is 2.17. The summed E-state index contributed by atoms with van der Waals surface area (Å²) in [6.07, 6.45) is -0.905. The summed E-state index contributed by atoms with van der Waals surface area (Å²) in [6.45, 7) is -0.552. The van der Waals surface area contributed by atoms with Crippen LogP contribution in [0.4, 0.5) is 8.78 Å². The molecule has 0 radical (unpaired) electrons. The standard InChI is InChI=1S/C23H16ClF2N3O6/c24-18-3-1-14(22(26)23(18)35-17-8-13(11-27)7-15(25)10-17)9-16-2-4-19(30)29(28-16)12-34-21(33)6-5-20(31)32/h1-4,7-8,10H,5-6,9,12H2,(H,31,32). The molecular weight excluding hydrogens is 488 g/mol. The lowest BCUT2D eigenvalue weighted by Crippen LogP contribution is -2.25. The van der Waals surface area contributed by atoms with Gasteiger partial charge in [-0.3, -0.25) is 14.4 Å². The quantitative estimate of drug-likeness (QED) is 0.436. The molecule has 1 heterocycles. The minimum absolute atomic E-state index is 0.0252. The molecular formula is C23H16ClF2N3O6. The third-order valence-corrected chi connectivity index (χ3v) is 4.83. The number of nitriles is 1. The van der Waals surface area contributed by atoms with Crippen LogP contribution in [0.2, 0.25) is 5.02 Å². The fourth-order valence-electron chi connectivity index (χ4n) is 2.89. The van der Waals surface area contributed by atoms with Crippen LogP contribution in [0.3, 0.4) is 0 Å². The average molecular weight is 504 g/mol. The van der Waals surface area contributed by atoms with Gasteiger partial charge in [0.25, 0.3) is 5.56 Å². The summed E-state index contributed by atoms with van der Waals surface area (Å²) in [6, 6.07) is 10.2. The number of hydrogen-bond donors (Lipinski definition) is 1. The molecule has 3 aromatic rings. The van der Waals surface area contributed by atoms with Crippen LogP contribution in [-0.4, -0.2) is 26.8 Å². The predicted molar refractivity (Wildman–Crippen MR) is 117 cm³/mol. The Morgan fingerprint density at radius 2 is 1.91 bits per heavy atom. The number of halogens is 3. The molecule has 0 amide bonds. The first kappa shape index (κ1) is 25.3. The van der Waals surface area contributed by atoms with Crippen molar-refractivity contribution in [1.29, 1.82) is 5.26 Å². The number of carbonyl (C=O) groups is 2. The van der Waals surface area contributed by atoms with Gasteiger partial charge < -0.3 is 14.6 Å². The number of nitrogens with zero attached hydrogens (tertiary/aromatic N) is 3. The summed E-state index contributed by atoms with van der Waals surface area (Å²) in [5, 5.41) is 21.5. The van der Waals surface area contributed by atoms with Gasteiger partial charge in [-0.15, -0.1) is 0 Å². The topological polar surface area (TPSA) is 132 Å². The molecule has 0 aliphatic heterocycles. The molecule has 0 saturated carbocycles. The lowest BCUT2D eigenvalue weighted by Gasteiger charge is -2.13. The molecule has 0 atom stereocenters. The fourth-order valence-corrected chi connectivity index (χ4v) is 3.08. The number of ether oxygens (including phenoxy) is 2. The maximum absolute atomic E-state index is 15.2. The molecule has 9 nitrogen and oxygen atoms in total. The van der Waals surface area contributed by atoms with Gasteiger partial charge in [0.2, 0.25) is 0 Å². The van der Waals surface area contributed by atoms with Crippen molar-refractivity contribution in [3.8, 4) is 17.6 Å². The summed E-state index contributed by atoms with van der Waals surface area (Å²) in [4.78, 5) is 34.1. The van der Waals surface area contributed by atoms with Gasteiger partial charge in [-0.05, 0) is 29.8 Å². The zero-order chi connectivity index (χ0) is 25.5. The van der Waals surface area contributed by atoms with Gasteiger partial charge in [0.1, 0.15) is 11.6 Å². The van der Waals surface area contributed by atoms with Crippen LogP contribution < -0.4 is 10.3 Å². The van der Waals surface area contributed by atoms with Crippen molar-refractivity contribution < 1.29 is 33.0 Å². The molecule has 0 fully saturated rings. The van der Waals surface area contributed by atoms with E-state index in [1.165, 1.54) is 24.3 Å². The molecule has 0 aliphatic carbocycles. The normalized spacial score (nSPS) is 10.5. The molecule has 0 spiro atoms. The third-order valence-electron chi connectivity index (χ3n) is 4.53. The lowest BCUT2D eigenvalue weighted by atomic mass is 10.1. The van der Waals surface area contributed by atoms with E-state index in [1.54, 1.807) is 6.07 Å². The number of carbonyl (C=O) groups excluding carboxylic acids is 1. The van der Waals surface area contributed by atoms with Crippen LogP contribution in [0.5, 0.6) is 11.5 Å². The van der Waals surface area contributed by atoms with Crippen LogP contribution in [0.15, 0.2) is 47.3 Å². The van der Waals surface area contributed by atoms with Crippen LogP contribution in [0.25, 0.3) is 0 Å². The Kier molecular flexibility index (Phi) is 8.12. The molecule has 180 valence electrons. The van der Waals surface area contributed by atoms with E-state index in [4.69, 9.17) is 31.4 Å². The van der Waals surface area contributed by atoms with Gasteiger partial charge in [-0.25, -0.2) is 8.78 Å². The number of carboxylic acid groups (broad SMARTS) is 1. The van der Waals surface area contributed by atoms with Gasteiger partial charge in [-0.2, -0.15) is 15.0 Å². The van der Waals surface area contributed by atoms with E-state index in [9.17, 15) is 18.8 Å². The molecule has 0 aliphatic rings. The second kappa shape index (κ2) is 11.2. The molecule has 0 bridgehead atoms. The smallest absolute Gasteiger partial charge is 0.308 e. The fraction of sp³-hybridized carbons (Fsp3) is 0.174. The van der Waals surface area contributed by atoms with Gasteiger partial charge in [0.15, 0.2) is 18.3 Å². The second-order valence-corrected chi connectivity index (χ2v) is 7.52. The van der Waals surface area contributed by atoms with Crippen molar-refractivity contribution in [2.45, 2.75) is 26.0 Å². The van der Waals surface area contributed by atoms with Crippen molar-refractivity contribution >= 4 is 23.5 Å². The molecule has 0 unspecified atom stereocenters. The number of aromatic nitrogens is 2. The number of benzene rings is 2. The zero-order valence-corrected chi connectivity index (χ0v) is 18.6. The van der Waals surface area contributed by atoms with E-state index in [-0.39, 0.29) is 46.2 Å². The van der Waals surface area contributed by atoms with E-state index >= 15 is 4.39 Å². The molecule has 35 heavy (non-hydrogen) atoms. The predicted octanol–water partition coefficient (Wildman–Crippen LogP) is 3.80. The highest BCUT2D eigenvalue weighted by Crippen LogP contribution is 2.35. The van der Waals surface area contributed by atoms with Crippen molar-refractivity contribution in [2.24, 2.45) is 0 Å². The van der Waals surface area contributed by atoms with Gasteiger partial charge >= 0.3 is 11.9 Å². The van der Waals surface area contributed by atoms with Gasteiger partial charge in [0, 0.05) is 18.6 Å². The number of hydrogen-bond acceptors (Lipinski definition) is 7. The minimum atomic E-state index is -1.17. The maximum Gasteiger partial charge on any atom is 0.308 e. The van der Waals surface area contributed by atoms with Crippen LogP contribution in [-0.2, 0) is 27.5 Å². The zero-order valence-electron chi connectivity index (χ0n) is 17.8. The van der Waals surface area contributed by atoms with Crippen molar-refractivity contribution in [3.05, 3.63) is 86.3 Å². The Bertz CT molecular complexity index is 1390. The highest BCUT2D eigenvalue weighted by atomic mass is 35.5.